The summed E-state index contributed by atoms with van der Waals surface area (Å²) >= 11 is 3.41. The highest BCUT2D eigenvalue weighted by Crippen LogP contribution is 2.20. The minimum Gasteiger partial charge on any atom is -0.408 e. The average molecular weight is 518 g/mol. The van der Waals surface area contributed by atoms with Crippen molar-refractivity contribution in [3.63, 3.8) is 0 Å². The van der Waals surface area contributed by atoms with Gasteiger partial charge in [-0.3, -0.25) is 9.47 Å². The fourth-order valence-corrected chi connectivity index (χ4v) is 4.11. The number of anilines is 2. The number of fused-ring (bicyclic) bond motifs is 1. The highest BCUT2D eigenvalue weighted by Gasteiger charge is 2.17. The second-order valence-electron chi connectivity index (χ2n) is 7.26. The van der Waals surface area contributed by atoms with Crippen molar-refractivity contribution in [3.05, 3.63) is 57.5 Å². The Balaban J connectivity index is 0.00000160. The lowest BCUT2D eigenvalue weighted by Gasteiger charge is -2.36. The minimum absolute atomic E-state index is 0. The molecule has 2 heterocycles. The number of piperazine rings is 1. The Morgan fingerprint density at radius 2 is 1.60 bits per heavy atom. The predicted octanol–water partition coefficient (Wildman–Crippen LogP) is 4.39. The molecule has 0 amide bonds. The molecule has 30 heavy (non-hydrogen) atoms. The van der Waals surface area contributed by atoms with Gasteiger partial charge >= 0.3 is 5.76 Å². The summed E-state index contributed by atoms with van der Waals surface area (Å²) in [4.78, 5) is 17.0. The molecule has 3 aromatic rings. The fourth-order valence-electron chi connectivity index (χ4n) is 3.77. The summed E-state index contributed by atoms with van der Waals surface area (Å²) < 4.78 is 7.99. The molecule has 164 valence electrons. The van der Waals surface area contributed by atoms with Crippen LogP contribution in [0.3, 0.4) is 0 Å². The number of nitrogens with two attached hydrogens (primary N) is 1. The molecule has 0 unspecified atom stereocenters. The molecule has 6 nitrogen and oxygen atoms in total. The third kappa shape index (κ3) is 5.72. The van der Waals surface area contributed by atoms with Crippen LogP contribution in [0.2, 0.25) is 0 Å². The van der Waals surface area contributed by atoms with Crippen molar-refractivity contribution in [2.24, 2.45) is 0 Å². The van der Waals surface area contributed by atoms with E-state index >= 15 is 0 Å². The Bertz CT molecular complexity index is 998. The number of nitrogen functional groups attached to an aromatic ring is 1. The van der Waals surface area contributed by atoms with Gasteiger partial charge in [-0.2, -0.15) is 0 Å². The topological polar surface area (TPSA) is 67.6 Å². The lowest BCUT2D eigenvalue weighted by atomic mass is 10.2. The second-order valence-corrected chi connectivity index (χ2v) is 8.17. The van der Waals surface area contributed by atoms with E-state index in [-0.39, 0.29) is 30.6 Å². The van der Waals surface area contributed by atoms with E-state index in [0.717, 1.165) is 61.2 Å². The first-order chi connectivity index (χ1) is 13.6. The highest BCUT2D eigenvalue weighted by molar-refractivity contribution is 9.10. The lowest BCUT2D eigenvalue weighted by Crippen LogP contribution is -2.46. The van der Waals surface area contributed by atoms with Gasteiger partial charge in [0.15, 0.2) is 5.58 Å². The van der Waals surface area contributed by atoms with Gasteiger partial charge in [0.2, 0.25) is 0 Å². The Labute approximate surface area is 197 Å². The Morgan fingerprint density at radius 3 is 2.30 bits per heavy atom. The van der Waals surface area contributed by atoms with Crippen LogP contribution < -0.4 is 16.4 Å². The maximum absolute atomic E-state index is 12.1. The molecule has 1 aliphatic rings. The van der Waals surface area contributed by atoms with Crippen molar-refractivity contribution in [1.82, 2.24) is 9.47 Å². The van der Waals surface area contributed by atoms with Crippen LogP contribution in [0.15, 0.2) is 56.1 Å². The van der Waals surface area contributed by atoms with E-state index in [0.29, 0.717) is 12.1 Å². The minimum atomic E-state index is -0.273. The van der Waals surface area contributed by atoms with E-state index < -0.39 is 0 Å². The van der Waals surface area contributed by atoms with Gasteiger partial charge in [0.1, 0.15) is 0 Å². The maximum Gasteiger partial charge on any atom is 0.419 e. The van der Waals surface area contributed by atoms with Gasteiger partial charge in [-0.15, -0.1) is 24.8 Å². The van der Waals surface area contributed by atoms with E-state index in [1.807, 2.05) is 30.3 Å². The average Bonchev–Trinajstić information content (AvgIpc) is 3.00. The van der Waals surface area contributed by atoms with Crippen molar-refractivity contribution >= 4 is 63.2 Å². The Kier molecular flexibility index (Phi) is 9.09. The van der Waals surface area contributed by atoms with E-state index in [9.17, 15) is 4.79 Å². The van der Waals surface area contributed by atoms with Crippen molar-refractivity contribution in [2.45, 2.75) is 19.4 Å². The first kappa shape index (κ1) is 24.6. The van der Waals surface area contributed by atoms with E-state index in [4.69, 9.17) is 10.2 Å². The largest absolute Gasteiger partial charge is 0.419 e. The number of benzene rings is 2. The molecule has 9 heteroatoms. The quantitative estimate of drug-likeness (QED) is 0.388. The van der Waals surface area contributed by atoms with Gasteiger partial charge in [0, 0.05) is 48.6 Å². The summed E-state index contributed by atoms with van der Waals surface area (Å²) in [7, 11) is 0. The maximum atomic E-state index is 12.1. The number of unbranched alkanes of at least 4 members (excludes halogenated alkanes) is 1. The number of rotatable bonds is 6. The molecule has 1 saturated heterocycles. The molecule has 1 aromatic heterocycles. The molecular weight excluding hydrogens is 491 g/mol. The van der Waals surface area contributed by atoms with Crippen LogP contribution >= 0.6 is 40.7 Å². The normalized spacial score (nSPS) is 14.4. The van der Waals surface area contributed by atoms with Crippen LogP contribution in [-0.2, 0) is 6.54 Å². The van der Waals surface area contributed by atoms with Gasteiger partial charge in [-0.25, -0.2) is 4.79 Å². The Hall–Kier alpha value is -1.67. The molecule has 2 aromatic carbocycles. The first-order valence-electron chi connectivity index (χ1n) is 9.72. The lowest BCUT2D eigenvalue weighted by molar-refractivity contribution is 0.251. The van der Waals surface area contributed by atoms with E-state index in [1.165, 1.54) is 5.69 Å². The molecule has 4 rings (SSSR count). The number of nitrogens with zero attached hydrogens (tertiary/aromatic N) is 3. The zero-order chi connectivity index (χ0) is 19.5. The standard InChI is InChI=1S/C21H25BrN4O2.2ClH/c22-16-3-8-19-20(15-16)28-21(27)26(19)10-2-1-9-24-11-13-25(14-12-24)18-6-4-17(23)5-7-18;;/h3-8,15H,1-2,9-14,23H2;2*1H. The number of hydrogen-bond acceptors (Lipinski definition) is 5. The molecule has 0 atom stereocenters. The van der Waals surface area contributed by atoms with Crippen LogP contribution in [0.5, 0.6) is 0 Å². The molecular formula is C21H27BrCl2N4O2. The van der Waals surface area contributed by atoms with E-state index in [2.05, 4.69) is 37.9 Å². The van der Waals surface area contributed by atoms with Crippen LogP contribution in [0.4, 0.5) is 11.4 Å². The summed E-state index contributed by atoms with van der Waals surface area (Å²) in [6.45, 7) is 5.94. The summed E-state index contributed by atoms with van der Waals surface area (Å²) in [5, 5.41) is 0. The zero-order valence-electron chi connectivity index (χ0n) is 16.6. The van der Waals surface area contributed by atoms with Crippen molar-refractivity contribution in [1.29, 1.82) is 0 Å². The molecule has 0 radical (unpaired) electrons. The monoisotopic (exact) mass is 516 g/mol. The van der Waals surface area contributed by atoms with Crippen LogP contribution in [0.25, 0.3) is 11.1 Å². The second kappa shape index (κ2) is 11.1. The van der Waals surface area contributed by atoms with Gasteiger partial charge in [0.05, 0.1) is 5.52 Å². The summed E-state index contributed by atoms with van der Waals surface area (Å²) in [5.74, 6) is -0.273. The SMILES string of the molecule is Cl.Cl.Nc1ccc(N2CCN(CCCCn3c(=O)oc4cc(Br)ccc43)CC2)cc1. The third-order valence-electron chi connectivity index (χ3n) is 5.37. The molecule has 1 fully saturated rings. The summed E-state index contributed by atoms with van der Waals surface area (Å²) in [5.41, 5.74) is 9.32. The zero-order valence-corrected chi connectivity index (χ0v) is 19.8. The molecule has 0 bridgehead atoms. The number of aryl methyl sites for hydroxylation is 1. The third-order valence-corrected chi connectivity index (χ3v) is 5.86. The number of hydrogen-bond donors (Lipinski definition) is 1. The van der Waals surface area contributed by atoms with Crippen molar-refractivity contribution in [2.75, 3.05) is 43.4 Å². The van der Waals surface area contributed by atoms with Gasteiger partial charge in [-0.05, 0) is 61.9 Å². The Morgan fingerprint density at radius 1 is 0.933 bits per heavy atom. The van der Waals surface area contributed by atoms with Crippen molar-refractivity contribution in [3.8, 4) is 0 Å². The summed E-state index contributed by atoms with van der Waals surface area (Å²) in [6, 6.07) is 13.8. The van der Waals surface area contributed by atoms with Crippen molar-refractivity contribution < 1.29 is 4.42 Å². The predicted molar refractivity (Wildman–Crippen MR) is 131 cm³/mol. The highest BCUT2D eigenvalue weighted by atomic mass is 79.9. The van der Waals surface area contributed by atoms with Gasteiger partial charge in [-0.1, -0.05) is 15.9 Å². The van der Waals surface area contributed by atoms with Crippen LogP contribution in [0.1, 0.15) is 12.8 Å². The summed E-state index contributed by atoms with van der Waals surface area (Å²) in [6.07, 6.45) is 2.03. The molecule has 0 spiro atoms. The number of oxazole rings is 1. The van der Waals surface area contributed by atoms with Gasteiger partial charge < -0.3 is 15.1 Å². The smallest absolute Gasteiger partial charge is 0.408 e. The van der Waals surface area contributed by atoms with Crippen LogP contribution in [-0.4, -0.2) is 42.2 Å². The molecule has 1 aliphatic heterocycles. The number of halogens is 3. The van der Waals surface area contributed by atoms with E-state index in [1.54, 1.807) is 4.57 Å². The van der Waals surface area contributed by atoms with Gasteiger partial charge in [0.25, 0.3) is 0 Å². The molecule has 0 aliphatic carbocycles. The molecule has 0 saturated carbocycles. The van der Waals surface area contributed by atoms with Crippen LogP contribution in [0, 0.1) is 0 Å². The first-order valence-corrected chi connectivity index (χ1v) is 10.5. The molecule has 2 N–H and O–H groups in total. The number of aromatic nitrogens is 1. The fraction of sp³-hybridized carbons (Fsp3) is 0.381.